The van der Waals surface area contributed by atoms with Crippen LogP contribution in [0.15, 0.2) is 83.8 Å². The largest absolute Gasteiger partial charge is 0.493 e. The summed E-state index contributed by atoms with van der Waals surface area (Å²) in [6, 6.07) is 19.5. The smallest absolute Gasteiger partial charge is 0.304 e. The van der Waals surface area contributed by atoms with Gasteiger partial charge in [-0.3, -0.25) is 14.4 Å². The Morgan fingerprint density at radius 3 is 1.97 bits per heavy atom. The van der Waals surface area contributed by atoms with E-state index in [1.54, 1.807) is 6.08 Å². The summed E-state index contributed by atoms with van der Waals surface area (Å²) in [4.78, 5) is 40.0. The van der Waals surface area contributed by atoms with Crippen LogP contribution in [0.1, 0.15) is 31.4 Å². The second kappa shape index (κ2) is 8.83. The summed E-state index contributed by atoms with van der Waals surface area (Å²) in [7, 11) is 0. The highest BCUT2D eigenvalue weighted by molar-refractivity contribution is 6.31. The van der Waals surface area contributed by atoms with Crippen molar-refractivity contribution in [1.29, 1.82) is 0 Å². The van der Waals surface area contributed by atoms with E-state index < -0.39 is 17.4 Å². The molecule has 1 unspecified atom stereocenters. The van der Waals surface area contributed by atoms with Gasteiger partial charge in [-0.25, -0.2) is 0 Å². The lowest BCUT2D eigenvalue weighted by Gasteiger charge is -2.47. The van der Waals surface area contributed by atoms with E-state index in [2.05, 4.69) is 0 Å². The molecule has 1 atom stereocenters. The van der Waals surface area contributed by atoms with E-state index in [0.29, 0.717) is 31.8 Å². The fourth-order valence-corrected chi connectivity index (χ4v) is 4.29. The fourth-order valence-electron chi connectivity index (χ4n) is 4.29. The number of ketones is 2. The summed E-state index contributed by atoms with van der Waals surface area (Å²) in [6.45, 7) is 3.85. The molecule has 6 heteroatoms. The van der Waals surface area contributed by atoms with Crippen molar-refractivity contribution in [2.45, 2.75) is 39.0 Å². The molecule has 1 aliphatic heterocycles. The third-order valence-electron chi connectivity index (χ3n) is 5.57. The number of rotatable bonds is 8. The SMILES string of the molecule is CC(=O)OC1(C2=CCCO2)C(=O)C(C(C)=O)=C1N(Cc1ccccc1)Cc1ccccc1. The maximum absolute atomic E-state index is 13.4. The summed E-state index contributed by atoms with van der Waals surface area (Å²) in [6.07, 6.45) is 2.37. The first-order chi connectivity index (χ1) is 15.4. The first-order valence-corrected chi connectivity index (χ1v) is 10.6. The molecule has 0 amide bonds. The van der Waals surface area contributed by atoms with Gasteiger partial charge in [-0.2, -0.15) is 0 Å². The molecule has 1 heterocycles. The van der Waals surface area contributed by atoms with Crippen LogP contribution in [0.25, 0.3) is 0 Å². The number of hydrogen-bond donors (Lipinski definition) is 0. The zero-order valence-electron chi connectivity index (χ0n) is 18.2. The lowest BCUT2D eigenvalue weighted by atomic mass is 9.71. The molecule has 0 fully saturated rings. The second-order valence-electron chi connectivity index (χ2n) is 7.92. The number of carbonyl (C=O) groups is 3. The van der Waals surface area contributed by atoms with Gasteiger partial charge in [-0.1, -0.05) is 60.7 Å². The molecule has 0 saturated heterocycles. The minimum atomic E-state index is -1.73. The lowest BCUT2D eigenvalue weighted by Crippen LogP contribution is -2.61. The highest BCUT2D eigenvalue weighted by Crippen LogP contribution is 2.48. The van der Waals surface area contributed by atoms with Crippen molar-refractivity contribution in [3.8, 4) is 0 Å². The molecule has 0 bridgehead atoms. The van der Waals surface area contributed by atoms with Crippen molar-refractivity contribution in [3.63, 3.8) is 0 Å². The normalized spacial score (nSPS) is 19.7. The van der Waals surface area contributed by atoms with Crippen LogP contribution in [-0.4, -0.2) is 34.6 Å². The Morgan fingerprint density at radius 1 is 0.969 bits per heavy atom. The molecule has 32 heavy (non-hydrogen) atoms. The number of carbonyl (C=O) groups excluding carboxylic acids is 3. The fraction of sp³-hybridized carbons (Fsp3) is 0.269. The molecular formula is C26H25NO5. The maximum Gasteiger partial charge on any atom is 0.304 e. The Hall–Kier alpha value is -3.67. The van der Waals surface area contributed by atoms with Gasteiger partial charge in [-0.05, 0) is 24.1 Å². The zero-order chi connectivity index (χ0) is 22.7. The van der Waals surface area contributed by atoms with Gasteiger partial charge in [0, 0.05) is 26.4 Å². The van der Waals surface area contributed by atoms with Gasteiger partial charge < -0.3 is 14.4 Å². The molecule has 1 aliphatic carbocycles. The van der Waals surface area contributed by atoms with Crippen LogP contribution in [0, 0.1) is 0 Å². The minimum Gasteiger partial charge on any atom is -0.493 e. The molecule has 0 radical (unpaired) electrons. The Balaban J connectivity index is 1.86. The predicted octanol–water partition coefficient (Wildman–Crippen LogP) is 3.72. The van der Waals surface area contributed by atoms with Crippen molar-refractivity contribution < 1.29 is 23.9 Å². The van der Waals surface area contributed by atoms with Crippen LogP contribution in [0.4, 0.5) is 0 Å². The lowest BCUT2D eigenvalue weighted by molar-refractivity contribution is -0.166. The topological polar surface area (TPSA) is 72.9 Å². The zero-order valence-corrected chi connectivity index (χ0v) is 18.2. The van der Waals surface area contributed by atoms with E-state index in [0.717, 1.165) is 11.1 Å². The molecule has 0 saturated carbocycles. The van der Waals surface area contributed by atoms with Crippen LogP contribution < -0.4 is 0 Å². The van der Waals surface area contributed by atoms with Crippen molar-refractivity contribution in [2.75, 3.05) is 6.61 Å². The summed E-state index contributed by atoms with van der Waals surface area (Å²) in [5, 5.41) is 0. The average molecular weight is 431 g/mol. The summed E-state index contributed by atoms with van der Waals surface area (Å²) >= 11 is 0. The van der Waals surface area contributed by atoms with E-state index >= 15 is 0 Å². The quantitative estimate of drug-likeness (QED) is 0.469. The maximum atomic E-state index is 13.4. The molecule has 2 aromatic carbocycles. The second-order valence-corrected chi connectivity index (χ2v) is 7.92. The van der Waals surface area contributed by atoms with Crippen molar-refractivity contribution >= 4 is 17.5 Å². The molecule has 2 aliphatic rings. The van der Waals surface area contributed by atoms with E-state index in [9.17, 15) is 14.4 Å². The molecule has 0 N–H and O–H groups in total. The van der Waals surface area contributed by atoms with Gasteiger partial charge in [0.1, 0.15) is 0 Å². The molecular weight excluding hydrogens is 406 g/mol. The minimum absolute atomic E-state index is 0.0505. The Morgan fingerprint density at radius 2 is 1.53 bits per heavy atom. The van der Waals surface area contributed by atoms with Gasteiger partial charge in [0.25, 0.3) is 5.60 Å². The number of esters is 1. The summed E-state index contributed by atoms with van der Waals surface area (Å²) in [5.74, 6) is -1.23. The van der Waals surface area contributed by atoms with E-state index in [-0.39, 0.29) is 17.1 Å². The van der Waals surface area contributed by atoms with Crippen LogP contribution in [0.2, 0.25) is 0 Å². The number of nitrogens with zero attached hydrogens (tertiary/aromatic N) is 1. The first-order valence-electron chi connectivity index (χ1n) is 10.6. The molecule has 4 rings (SSSR count). The molecule has 0 aromatic heterocycles. The van der Waals surface area contributed by atoms with E-state index in [1.165, 1.54) is 13.8 Å². The molecule has 164 valence electrons. The number of hydrogen-bond acceptors (Lipinski definition) is 6. The van der Waals surface area contributed by atoms with Gasteiger partial charge >= 0.3 is 5.97 Å². The van der Waals surface area contributed by atoms with E-state index in [4.69, 9.17) is 9.47 Å². The first kappa shape index (κ1) is 21.6. The third kappa shape index (κ3) is 3.84. The Bertz CT molecular complexity index is 1060. The number of Topliss-reactive ketones (excluding diaryl/α,β-unsaturated/α-hetero) is 2. The summed E-state index contributed by atoms with van der Waals surface area (Å²) < 4.78 is 11.4. The third-order valence-corrected chi connectivity index (χ3v) is 5.57. The van der Waals surface area contributed by atoms with Crippen molar-refractivity contribution in [3.05, 3.63) is 94.9 Å². The predicted molar refractivity (Wildman–Crippen MR) is 118 cm³/mol. The van der Waals surface area contributed by atoms with Crippen LogP contribution in [0.5, 0.6) is 0 Å². The highest BCUT2D eigenvalue weighted by Gasteiger charge is 2.64. The van der Waals surface area contributed by atoms with Crippen molar-refractivity contribution in [2.24, 2.45) is 0 Å². The van der Waals surface area contributed by atoms with Gasteiger partial charge in [0.15, 0.2) is 11.5 Å². The van der Waals surface area contributed by atoms with E-state index in [1.807, 2.05) is 65.6 Å². The Labute approximate surface area is 187 Å². The van der Waals surface area contributed by atoms with Gasteiger partial charge in [0.2, 0.25) is 5.78 Å². The van der Waals surface area contributed by atoms with Crippen molar-refractivity contribution in [1.82, 2.24) is 4.90 Å². The van der Waals surface area contributed by atoms with Crippen LogP contribution >= 0.6 is 0 Å². The standard InChI is InChI=1S/C26H25NO5/c1-18(28)23-24(26(25(23)30,32-19(2)29)22-14-9-15-31-22)27(16-20-10-5-3-6-11-20)17-21-12-7-4-8-13-21/h3-8,10-14H,9,15-17H2,1-2H3. The number of ether oxygens (including phenoxy) is 2. The average Bonchev–Trinajstić information content (AvgIpc) is 3.31. The van der Waals surface area contributed by atoms with Crippen LogP contribution in [0.3, 0.4) is 0 Å². The molecule has 6 nitrogen and oxygen atoms in total. The summed E-state index contributed by atoms with van der Waals surface area (Å²) in [5.41, 5.74) is 0.695. The highest BCUT2D eigenvalue weighted by atomic mass is 16.6. The van der Waals surface area contributed by atoms with Gasteiger partial charge in [0.05, 0.1) is 17.9 Å². The van der Waals surface area contributed by atoms with Crippen LogP contribution in [-0.2, 0) is 36.9 Å². The molecule has 2 aromatic rings. The van der Waals surface area contributed by atoms with Gasteiger partial charge in [-0.15, -0.1) is 0 Å². The number of benzene rings is 2. The molecule has 0 spiro atoms. The monoisotopic (exact) mass is 431 g/mol. The Kier molecular flexibility index (Phi) is 5.95.